The summed E-state index contributed by atoms with van der Waals surface area (Å²) < 4.78 is 1.84. The van der Waals surface area contributed by atoms with Gasteiger partial charge in [-0.3, -0.25) is 9.59 Å². The molecule has 0 bridgehead atoms. The van der Waals surface area contributed by atoms with Gasteiger partial charge < -0.3 is 14.9 Å². The van der Waals surface area contributed by atoms with Crippen LogP contribution in [-0.2, 0) is 4.79 Å². The van der Waals surface area contributed by atoms with Crippen molar-refractivity contribution in [2.45, 2.75) is 19.9 Å². The van der Waals surface area contributed by atoms with Crippen LogP contribution in [0.4, 0.5) is 5.69 Å². The number of amides is 1. The van der Waals surface area contributed by atoms with Crippen LogP contribution in [0, 0.1) is 6.92 Å². The number of hydrogen-bond acceptors (Lipinski definition) is 2. The zero-order valence-corrected chi connectivity index (χ0v) is 12.5. The molecule has 5 nitrogen and oxygen atoms in total. The number of anilines is 1. The Balaban J connectivity index is 1.88. The molecule has 0 saturated heterocycles. The lowest BCUT2D eigenvalue weighted by Crippen LogP contribution is -2.22. The van der Waals surface area contributed by atoms with E-state index in [2.05, 4.69) is 10.3 Å². The van der Waals surface area contributed by atoms with Crippen LogP contribution in [0.25, 0.3) is 10.9 Å². The first-order valence-electron chi connectivity index (χ1n) is 7.11. The summed E-state index contributed by atoms with van der Waals surface area (Å²) in [5.74, 6) is -0.106. The van der Waals surface area contributed by atoms with Crippen molar-refractivity contribution < 1.29 is 4.79 Å². The smallest absolute Gasteiger partial charge is 0.248 e. The maximum atomic E-state index is 12.3. The minimum atomic E-state index is -0.303. The average Bonchev–Trinajstić information content (AvgIpc) is 2.99. The largest absolute Gasteiger partial charge is 0.342 e. The highest BCUT2D eigenvalue weighted by Gasteiger charge is 2.14. The van der Waals surface area contributed by atoms with Crippen molar-refractivity contribution in [3.8, 4) is 0 Å². The Labute approximate surface area is 127 Å². The first-order chi connectivity index (χ1) is 10.5. The highest BCUT2D eigenvalue weighted by Crippen LogP contribution is 2.20. The van der Waals surface area contributed by atoms with E-state index < -0.39 is 0 Å². The summed E-state index contributed by atoms with van der Waals surface area (Å²) in [5, 5.41) is 3.85. The van der Waals surface area contributed by atoms with E-state index in [1.807, 2.05) is 55.1 Å². The standard InChI is InChI=1S/C17H17N3O2/c1-11-9-16(21)19-15-10-13(5-6-14(11)15)18-17(22)12(2)20-7-3-4-8-20/h3-10,12H,1-2H3,(H,18,22)(H,19,21)/t12-/m1/s1. The summed E-state index contributed by atoms with van der Waals surface area (Å²) in [7, 11) is 0. The maximum absolute atomic E-state index is 12.3. The summed E-state index contributed by atoms with van der Waals surface area (Å²) in [6.45, 7) is 3.73. The van der Waals surface area contributed by atoms with E-state index in [0.717, 1.165) is 16.5 Å². The maximum Gasteiger partial charge on any atom is 0.248 e. The van der Waals surface area contributed by atoms with Gasteiger partial charge in [0.15, 0.2) is 0 Å². The minimum absolute atomic E-state index is 0.106. The summed E-state index contributed by atoms with van der Waals surface area (Å²) in [4.78, 5) is 26.6. The molecule has 2 heterocycles. The van der Waals surface area contributed by atoms with Gasteiger partial charge in [0.2, 0.25) is 11.5 Å². The number of pyridine rings is 1. The quantitative estimate of drug-likeness (QED) is 0.780. The number of aromatic amines is 1. The Morgan fingerprint density at radius 2 is 1.95 bits per heavy atom. The van der Waals surface area contributed by atoms with Crippen molar-refractivity contribution in [2.24, 2.45) is 0 Å². The Morgan fingerprint density at radius 3 is 2.68 bits per heavy atom. The fourth-order valence-electron chi connectivity index (χ4n) is 2.50. The number of benzene rings is 1. The van der Waals surface area contributed by atoms with Gasteiger partial charge >= 0.3 is 0 Å². The van der Waals surface area contributed by atoms with Crippen LogP contribution < -0.4 is 10.9 Å². The molecular weight excluding hydrogens is 278 g/mol. The molecule has 0 unspecified atom stereocenters. The van der Waals surface area contributed by atoms with E-state index >= 15 is 0 Å². The van der Waals surface area contributed by atoms with Gasteiger partial charge in [-0.25, -0.2) is 0 Å². The van der Waals surface area contributed by atoms with Crippen molar-refractivity contribution in [2.75, 3.05) is 5.32 Å². The second-order valence-electron chi connectivity index (χ2n) is 5.37. The Kier molecular flexibility index (Phi) is 3.55. The van der Waals surface area contributed by atoms with Gasteiger partial charge in [0, 0.05) is 29.5 Å². The second kappa shape index (κ2) is 5.52. The van der Waals surface area contributed by atoms with Crippen LogP contribution in [0.2, 0.25) is 0 Å². The SMILES string of the molecule is Cc1cc(=O)[nH]c2cc(NC(=O)[C@@H](C)n3cccc3)ccc12. The number of carbonyl (C=O) groups is 1. The van der Waals surface area contributed by atoms with Gasteiger partial charge in [0.1, 0.15) is 6.04 Å². The van der Waals surface area contributed by atoms with Gasteiger partial charge in [0.05, 0.1) is 5.52 Å². The molecule has 0 fully saturated rings. The normalized spacial score (nSPS) is 12.3. The van der Waals surface area contributed by atoms with E-state index in [4.69, 9.17) is 0 Å². The van der Waals surface area contributed by atoms with E-state index in [1.54, 1.807) is 12.1 Å². The summed E-state index contributed by atoms with van der Waals surface area (Å²) >= 11 is 0. The molecule has 1 atom stereocenters. The first kappa shape index (κ1) is 14.1. The Bertz CT molecular complexity index is 879. The highest BCUT2D eigenvalue weighted by atomic mass is 16.2. The molecule has 0 aliphatic carbocycles. The van der Waals surface area contributed by atoms with Crippen LogP contribution >= 0.6 is 0 Å². The van der Waals surface area contributed by atoms with Crippen molar-refractivity contribution >= 4 is 22.5 Å². The van der Waals surface area contributed by atoms with Gasteiger partial charge in [-0.05, 0) is 43.7 Å². The molecule has 0 radical (unpaired) electrons. The third-order valence-corrected chi connectivity index (χ3v) is 3.77. The van der Waals surface area contributed by atoms with Crippen molar-refractivity contribution in [3.05, 3.63) is 64.7 Å². The number of nitrogens with zero attached hydrogens (tertiary/aromatic N) is 1. The third kappa shape index (κ3) is 2.65. The molecule has 1 amide bonds. The number of nitrogens with one attached hydrogen (secondary N) is 2. The predicted molar refractivity (Wildman–Crippen MR) is 87.1 cm³/mol. The van der Waals surface area contributed by atoms with E-state index in [-0.39, 0.29) is 17.5 Å². The van der Waals surface area contributed by atoms with Crippen molar-refractivity contribution in [1.29, 1.82) is 0 Å². The zero-order valence-electron chi connectivity index (χ0n) is 12.5. The lowest BCUT2D eigenvalue weighted by molar-refractivity contribution is -0.118. The first-order valence-corrected chi connectivity index (χ1v) is 7.11. The molecule has 3 rings (SSSR count). The molecule has 0 spiro atoms. The molecule has 1 aromatic carbocycles. The predicted octanol–water partition coefficient (Wildman–Crippen LogP) is 2.84. The minimum Gasteiger partial charge on any atom is -0.342 e. The van der Waals surface area contributed by atoms with Gasteiger partial charge in [-0.15, -0.1) is 0 Å². The van der Waals surface area contributed by atoms with Gasteiger partial charge in [-0.2, -0.15) is 0 Å². The Morgan fingerprint density at radius 1 is 1.23 bits per heavy atom. The molecule has 2 aromatic heterocycles. The van der Waals surface area contributed by atoms with Crippen LogP contribution in [0.5, 0.6) is 0 Å². The van der Waals surface area contributed by atoms with E-state index in [0.29, 0.717) is 5.69 Å². The number of fused-ring (bicyclic) bond motifs is 1. The molecule has 112 valence electrons. The van der Waals surface area contributed by atoms with Crippen LogP contribution in [-0.4, -0.2) is 15.5 Å². The van der Waals surface area contributed by atoms with Crippen molar-refractivity contribution in [1.82, 2.24) is 9.55 Å². The average molecular weight is 295 g/mol. The van der Waals surface area contributed by atoms with Gasteiger partial charge in [-0.1, -0.05) is 6.07 Å². The molecule has 22 heavy (non-hydrogen) atoms. The lowest BCUT2D eigenvalue weighted by Gasteiger charge is -2.14. The Hall–Kier alpha value is -2.82. The van der Waals surface area contributed by atoms with E-state index in [9.17, 15) is 9.59 Å². The molecule has 0 aliphatic heterocycles. The molecule has 0 aliphatic rings. The summed E-state index contributed by atoms with van der Waals surface area (Å²) in [6.07, 6.45) is 3.71. The number of hydrogen-bond donors (Lipinski definition) is 2. The van der Waals surface area contributed by atoms with Crippen LogP contribution in [0.3, 0.4) is 0 Å². The fourth-order valence-corrected chi connectivity index (χ4v) is 2.50. The van der Waals surface area contributed by atoms with Gasteiger partial charge in [0.25, 0.3) is 0 Å². The lowest BCUT2D eigenvalue weighted by atomic mass is 10.1. The summed E-state index contributed by atoms with van der Waals surface area (Å²) in [5.41, 5.74) is 2.15. The molecule has 5 heteroatoms. The van der Waals surface area contributed by atoms with E-state index in [1.165, 1.54) is 0 Å². The topological polar surface area (TPSA) is 66.9 Å². The third-order valence-electron chi connectivity index (χ3n) is 3.77. The number of H-pyrrole nitrogens is 1. The molecule has 2 N–H and O–H groups in total. The highest BCUT2D eigenvalue weighted by molar-refractivity contribution is 5.96. The molecule has 0 saturated carbocycles. The number of aromatic nitrogens is 2. The molecular formula is C17H17N3O2. The zero-order chi connectivity index (χ0) is 15.7. The van der Waals surface area contributed by atoms with Crippen molar-refractivity contribution in [3.63, 3.8) is 0 Å². The summed E-state index contributed by atoms with van der Waals surface area (Å²) in [6, 6.07) is 10.5. The molecule has 3 aromatic rings. The van der Waals surface area contributed by atoms with Crippen LogP contribution in [0.15, 0.2) is 53.6 Å². The number of aryl methyl sites for hydroxylation is 1. The van der Waals surface area contributed by atoms with Crippen LogP contribution in [0.1, 0.15) is 18.5 Å². The monoisotopic (exact) mass is 295 g/mol. The second-order valence-corrected chi connectivity index (χ2v) is 5.37. The fraction of sp³-hybridized carbons (Fsp3) is 0.176. The number of carbonyl (C=O) groups excluding carboxylic acids is 1. The number of rotatable bonds is 3.